The van der Waals surface area contributed by atoms with Gasteiger partial charge < -0.3 is 0 Å². The molecule has 2 aromatic carbocycles. The molecule has 0 nitrogen and oxygen atoms in total. The molecule has 0 bridgehead atoms. The monoisotopic (exact) mass is 254 g/mol. The van der Waals surface area contributed by atoms with Crippen molar-refractivity contribution < 1.29 is 13.2 Å². The maximum atomic E-state index is 12.2. The third kappa shape index (κ3) is 7.49. The Hall–Kier alpha value is -1.77. The van der Waals surface area contributed by atoms with Gasteiger partial charge in [0.05, 0.1) is 0 Å². The van der Waals surface area contributed by atoms with E-state index in [4.69, 9.17) is 0 Å². The molecule has 0 aliphatic carbocycles. The van der Waals surface area contributed by atoms with Gasteiger partial charge in [-0.3, -0.25) is 0 Å². The molecular formula is C15H17F3. The molecule has 0 saturated carbocycles. The minimum Gasteiger partial charge on any atom is -0.207 e. The normalized spacial score (nSPS) is 8.56. The lowest BCUT2D eigenvalue weighted by molar-refractivity contribution is 0.583. The van der Waals surface area contributed by atoms with E-state index >= 15 is 0 Å². The summed E-state index contributed by atoms with van der Waals surface area (Å²) in [6.45, 7) is 5.86. The second kappa shape index (κ2) is 9.28. The summed E-state index contributed by atoms with van der Waals surface area (Å²) in [5.74, 6) is -1.24. The van der Waals surface area contributed by atoms with Gasteiger partial charge in [0.1, 0.15) is 17.5 Å². The van der Waals surface area contributed by atoms with Gasteiger partial charge in [0.15, 0.2) is 0 Å². The molecule has 0 heterocycles. The van der Waals surface area contributed by atoms with Crippen molar-refractivity contribution in [2.75, 3.05) is 0 Å². The van der Waals surface area contributed by atoms with Crippen LogP contribution in [0.1, 0.15) is 19.4 Å². The SMILES string of the molecule is CC.Cc1cccc(F)c1.Fc1cccc(F)c1. The van der Waals surface area contributed by atoms with Crippen LogP contribution in [-0.4, -0.2) is 0 Å². The summed E-state index contributed by atoms with van der Waals surface area (Å²) in [5, 5.41) is 0. The highest BCUT2D eigenvalue weighted by molar-refractivity contribution is 5.13. The molecule has 0 spiro atoms. The van der Waals surface area contributed by atoms with E-state index in [1.165, 1.54) is 30.3 Å². The zero-order valence-electron chi connectivity index (χ0n) is 10.8. The first-order chi connectivity index (χ1) is 8.58. The minimum absolute atomic E-state index is 0.162. The third-order valence-electron chi connectivity index (χ3n) is 1.77. The van der Waals surface area contributed by atoms with Crippen molar-refractivity contribution >= 4 is 0 Å². The zero-order chi connectivity index (χ0) is 14.0. The lowest BCUT2D eigenvalue weighted by Gasteiger charge is -1.87. The van der Waals surface area contributed by atoms with Gasteiger partial charge in [-0.15, -0.1) is 0 Å². The summed E-state index contributed by atoms with van der Waals surface area (Å²) in [4.78, 5) is 0. The number of rotatable bonds is 0. The van der Waals surface area contributed by atoms with Crippen molar-refractivity contribution in [3.8, 4) is 0 Å². The Morgan fingerprint density at radius 1 is 0.667 bits per heavy atom. The van der Waals surface area contributed by atoms with E-state index in [2.05, 4.69) is 0 Å². The molecule has 0 N–H and O–H groups in total. The maximum absolute atomic E-state index is 12.2. The van der Waals surface area contributed by atoms with Gasteiger partial charge in [-0.1, -0.05) is 32.0 Å². The van der Waals surface area contributed by atoms with Crippen molar-refractivity contribution in [1.29, 1.82) is 0 Å². The first-order valence-corrected chi connectivity index (χ1v) is 5.71. The lowest BCUT2D eigenvalue weighted by atomic mass is 10.2. The van der Waals surface area contributed by atoms with E-state index in [0.29, 0.717) is 0 Å². The molecule has 0 aromatic heterocycles. The van der Waals surface area contributed by atoms with Crippen LogP contribution in [0.2, 0.25) is 0 Å². The van der Waals surface area contributed by atoms with Crippen molar-refractivity contribution in [2.45, 2.75) is 20.8 Å². The smallest absolute Gasteiger partial charge is 0.126 e. The average Bonchev–Trinajstić information content (AvgIpc) is 2.31. The van der Waals surface area contributed by atoms with Crippen LogP contribution in [0.3, 0.4) is 0 Å². The quantitative estimate of drug-likeness (QED) is 0.611. The minimum atomic E-state index is -0.537. The number of benzene rings is 2. The van der Waals surface area contributed by atoms with E-state index in [0.717, 1.165) is 11.6 Å². The van der Waals surface area contributed by atoms with Crippen LogP contribution >= 0.6 is 0 Å². The van der Waals surface area contributed by atoms with Gasteiger partial charge in [0, 0.05) is 6.07 Å². The van der Waals surface area contributed by atoms with Gasteiger partial charge in [-0.05, 0) is 36.8 Å². The fourth-order valence-corrected chi connectivity index (χ4v) is 1.07. The summed E-state index contributed by atoms with van der Waals surface area (Å²) >= 11 is 0. The molecule has 3 heteroatoms. The van der Waals surface area contributed by atoms with Crippen molar-refractivity contribution in [1.82, 2.24) is 0 Å². The fraction of sp³-hybridized carbons (Fsp3) is 0.200. The average molecular weight is 254 g/mol. The molecule has 0 aliphatic heterocycles. The van der Waals surface area contributed by atoms with E-state index < -0.39 is 11.6 Å². The van der Waals surface area contributed by atoms with Gasteiger partial charge in [0.25, 0.3) is 0 Å². The molecule has 0 unspecified atom stereocenters. The zero-order valence-corrected chi connectivity index (χ0v) is 10.8. The van der Waals surface area contributed by atoms with Gasteiger partial charge in [0.2, 0.25) is 0 Å². The second-order valence-electron chi connectivity index (χ2n) is 3.24. The van der Waals surface area contributed by atoms with Crippen molar-refractivity contribution in [2.24, 2.45) is 0 Å². The molecule has 0 saturated heterocycles. The van der Waals surface area contributed by atoms with E-state index in [-0.39, 0.29) is 5.82 Å². The molecule has 2 rings (SSSR count). The first-order valence-electron chi connectivity index (χ1n) is 5.71. The van der Waals surface area contributed by atoms with Crippen LogP contribution < -0.4 is 0 Å². The highest BCUT2D eigenvalue weighted by Crippen LogP contribution is 2.00. The summed E-state index contributed by atoms with van der Waals surface area (Å²) in [6, 6.07) is 11.1. The van der Waals surface area contributed by atoms with E-state index in [9.17, 15) is 13.2 Å². The predicted octanol–water partition coefficient (Wildman–Crippen LogP) is 5.13. The van der Waals surface area contributed by atoms with Crippen molar-refractivity contribution in [3.05, 3.63) is 71.5 Å². The van der Waals surface area contributed by atoms with Crippen LogP contribution in [0.25, 0.3) is 0 Å². The molecule has 0 amide bonds. The lowest BCUT2D eigenvalue weighted by Crippen LogP contribution is -1.73. The molecule has 2 aromatic rings. The Morgan fingerprint density at radius 3 is 1.28 bits per heavy atom. The second-order valence-corrected chi connectivity index (χ2v) is 3.24. The number of hydrogen-bond acceptors (Lipinski definition) is 0. The Balaban J connectivity index is 0.000000283. The van der Waals surface area contributed by atoms with Crippen LogP contribution in [-0.2, 0) is 0 Å². The van der Waals surface area contributed by atoms with Crippen molar-refractivity contribution in [3.63, 3.8) is 0 Å². The number of hydrogen-bond donors (Lipinski definition) is 0. The predicted molar refractivity (Wildman–Crippen MR) is 68.8 cm³/mol. The topological polar surface area (TPSA) is 0 Å². The van der Waals surface area contributed by atoms with Crippen LogP contribution in [0.4, 0.5) is 13.2 Å². The Morgan fingerprint density at radius 2 is 1.06 bits per heavy atom. The highest BCUT2D eigenvalue weighted by atomic mass is 19.1. The van der Waals surface area contributed by atoms with E-state index in [1.807, 2.05) is 26.8 Å². The highest BCUT2D eigenvalue weighted by Gasteiger charge is 1.88. The van der Waals surface area contributed by atoms with Crippen LogP contribution in [0.5, 0.6) is 0 Å². The fourth-order valence-electron chi connectivity index (χ4n) is 1.07. The summed E-state index contributed by atoms with van der Waals surface area (Å²) in [5.41, 5.74) is 0.963. The number of aryl methyl sites for hydroxylation is 1. The molecule has 0 radical (unpaired) electrons. The van der Waals surface area contributed by atoms with Crippen LogP contribution in [0.15, 0.2) is 48.5 Å². The summed E-state index contributed by atoms with van der Waals surface area (Å²) in [6.07, 6.45) is 0. The Kier molecular flexibility index (Phi) is 8.37. The van der Waals surface area contributed by atoms with Gasteiger partial charge in [-0.2, -0.15) is 0 Å². The van der Waals surface area contributed by atoms with Gasteiger partial charge in [-0.25, -0.2) is 13.2 Å². The van der Waals surface area contributed by atoms with Gasteiger partial charge >= 0.3 is 0 Å². The summed E-state index contributed by atoms with van der Waals surface area (Å²) in [7, 11) is 0. The van der Waals surface area contributed by atoms with Crippen LogP contribution in [0, 0.1) is 24.4 Å². The Bertz CT molecular complexity index is 375. The molecule has 0 atom stereocenters. The maximum Gasteiger partial charge on any atom is 0.126 e. The van der Waals surface area contributed by atoms with E-state index in [1.54, 1.807) is 6.07 Å². The summed E-state index contributed by atoms with van der Waals surface area (Å²) < 4.78 is 36.0. The number of halogens is 3. The molecule has 0 fully saturated rings. The Labute approximate surface area is 106 Å². The largest absolute Gasteiger partial charge is 0.207 e. The first kappa shape index (κ1) is 16.2. The molecule has 18 heavy (non-hydrogen) atoms. The molecular weight excluding hydrogens is 237 g/mol. The molecule has 0 aliphatic rings. The molecule has 98 valence electrons. The third-order valence-corrected chi connectivity index (χ3v) is 1.77. The standard InChI is InChI=1S/C7H7F.C6H4F2.C2H6/c1-6-3-2-4-7(8)5-6;7-5-2-1-3-6(8)4-5;1-2/h2-5H,1H3;1-4H;1-2H3.